The Morgan fingerprint density at radius 3 is 2.64 bits per heavy atom. The summed E-state index contributed by atoms with van der Waals surface area (Å²) in [5.41, 5.74) is 2.13. The molecule has 0 radical (unpaired) electrons. The predicted octanol–water partition coefficient (Wildman–Crippen LogP) is 2.67. The Bertz CT molecular complexity index is 400. The van der Waals surface area contributed by atoms with Gasteiger partial charge >= 0.3 is 0 Å². The third-order valence-corrected chi connectivity index (χ3v) is 2.95. The van der Waals surface area contributed by atoms with Gasteiger partial charge in [-0.3, -0.25) is 0 Å². The maximum absolute atomic E-state index is 4.61. The molecule has 1 heterocycles. The van der Waals surface area contributed by atoms with Crippen molar-refractivity contribution in [2.24, 2.45) is 0 Å². The van der Waals surface area contributed by atoms with Gasteiger partial charge in [0.05, 0.1) is 0 Å². The zero-order chi connectivity index (χ0) is 9.80. The predicted molar refractivity (Wildman–Crippen MR) is 55.0 cm³/mol. The van der Waals surface area contributed by atoms with Gasteiger partial charge in [0.2, 0.25) is 0 Å². The number of rotatable bonds is 3. The van der Waals surface area contributed by atoms with Crippen LogP contribution < -0.4 is 0 Å². The molecule has 0 atom stereocenters. The summed E-state index contributed by atoms with van der Waals surface area (Å²) in [6, 6.07) is 10.3. The molecular formula is C10H10N2OS. The molecule has 0 N–H and O–H groups in total. The Kier molecular flexibility index (Phi) is 2.84. The molecule has 1 aromatic carbocycles. The molecule has 0 amide bonds. The highest BCUT2D eigenvalue weighted by Gasteiger charge is 2.05. The van der Waals surface area contributed by atoms with Gasteiger partial charge in [-0.1, -0.05) is 47.3 Å². The van der Waals surface area contributed by atoms with Crippen LogP contribution >= 0.6 is 11.8 Å². The van der Waals surface area contributed by atoms with E-state index in [1.165, 1.54) is 5.56 Å². The fourth-order valence-electron chi connectivity index (χ4n) is 1.08. The lowest BCUT2D eigenvalue weighted by molar-refractivity contribution is 0.297. The molecule has 2 aromatic rings. The summed E-state index contributed by atoms with van der Waals surface area (Å²) in [4.78, 5) is 0. The monoisotopic (exact) mass is 206 g/mol. The van der Waals surface area contributed by atoms with Gasteiger partial charge < -0.3 is 0 Å². The molecule has 0 unspecified atom stereocenters. The second kappa shape index (κ2) is 4.28. The molecule has 0 spiro atoms. The van der Waals surface area contributed by atoms with Crippen LogP contribution in [0, 0.1) is 6.92 Å². The fourth-order valence-corrected chi connectivity index (χ4v) is 1.91. The number of hydrogen-bond acceptors (Lipinski definition) is 4. The minimum atomic E-state index is 0.853. The topological polar surface area (TPSA) is 38.9 Å². The molecule has 0 aliphatic heterocycles. The average Bonchev–Trinajstić information content (AvgIpc) is 2.63. The van der Waals surface area contributed by atoms with Crippen LogP contribution in [0.15, 0.2) is 40.0 Å². The van der Waals surface area contributed by atoms with E-state index in [0.717, 1.165) is 16.5 Å². The minimum absolute atomic E-state index is 0.853. The minimum Gasteiger partial charge on any atom is -0.243 e. The van der Waals surface area contributed by atoms with Crippen LogP contribution in [0.1, 0.15) is 11.3 Å². The van der Waals surface area contributed by atoms with E-state index in [-0.39, 0.29) is 0 Å². The van der Waals surface area contributed by atoms with Gasteiger partial charge in [0, 0.05) is 5.75 Å². The number of benzene rings is 1. The molecule has 0 aliphatic rings. The summed E-state index contributed by atoms with van der Waals surface area (Å²) in [5, 5.41) is 8.40. The number of aryl methyl sites for hydroxylation is 1. The number of hydrogen-bond donors (Lipinski definition) is 0. The van der Waals surface area contributed by atoms with Gasteiger partial charge in [0.1, 0.15) is 5.69 Å². The van der Waals surface area contributed by atoms with E-state index in [9.17, 15) is 0 Å². The van der Waals surface area contributed by atoms with Crippen LogP contribution in [-0.4, -0.2) is 10.3 Å². The van der Waals surface area contributed by atoms with Crippen molar-refractivity contribution in [2.45, 2.75) is 17.7 Å². The van der Waals surface area contributed by atoms with E-state index >= 15 is 0 Å². The van der Waals surface area contributed by atoms with Crippen molar-refractivity contribution in [2.75, 3.05) is 0 Å². The highest BCUT2D eigenvalue weighted by Crippen LogP contribution is 2.22. The van der Waals surface area contributed by atoms with Gasteiger partial charge in [-0.25, -0.2) is 4.63 Å². The summed E-state index contributed by atoms with van der Waals surface area (Å²) < 4.78 is 4.61. The van der Waals surface area contributed by atoms with Crippen LogP contribution in [0.25, 0.3) is 0 Å². The molecule has 0 aliphatic carbocycles. The normalized spacial score (nSPS) is 10.4. The Morgan fingerprint density at radius 2 is 2.00 bits per heavy atom. The van der Waals surface area contributed by atoms with E-state index in [4.69, 9.17) is 0 Å². The van der Waals surface area contributed by atoms with Crippen molar-refractivity contribution in [3.63, 3.8) is 0 Å². The standard InChI is InChI=1S/C10H10N2OS/c1-8-10(12-13-11-8)14-7-9-5-3-2-4-6-9/h2-6H,7H2,1H3. The quantitative estimate of drug-likeness (QED) is 0.724. The number of nitrogens with zero attached hydrogens (tertiary/aromatic N) is 2. The van der Waals surface area contributed by atoms with Crippen molar-refractivity contribution in [1.29, 1.82) is 0 Å². The van der Waals surface area contributed by atoms with Crippen molar-refractivity contribution in [1.82, 2.24) is 10.3 Å². The lowest BCUT2D eigenvalue weighted by Crippen LogP contribution is -1.81. The molecule has 1 aromatic heterocycles. The third kappa shape index (κ3) is 2.14. The first-order chi connectivity index (χ1) is 6.86. The van der Waals surface area contributed by atoms with E-state index < -0.39 is 0 Å². The molecule has 14 heavy (non-hydrogen) atoms. The Balaban J connectivity index is 1.99. The van der Waals surface area contributed by atoms with E-state index in [2.05, 4.69) is 27.1 Å². The third-order valence-electron chi connectivity index (χ3n) is 1.83. The average molecular weight is 206 g/mol. The lowest BCUT2D eigenvalue weighted by Gasteiger charge is -1.97. The zero-order valence-electron chi connectivity index (χ0n) is 7.80. The van der Waals surface area contributed by atoms with Crippen LogP contribution in [0.2, 0.25) is 0 Å². The Hall–Kier alpha value is -1.29. The SMILES string of the molecule is Cc1nonc1SCc1ccccc1. The van der Waals surface area contributed by atoms with E-state index in [1.807, 2.05) is 25.1 Å². The van der Waals surface area contributed by atoms with Crippen LogP contribution in [0.3, 0.4) is 0 Å². The zero-order valence-corrected chi connectivity index (χ0v) is 8.62. The van der Waals surface area contributed by atoms with Crippen LogP contribution in [-0.2, 0) is 5.75 Å². The summed E-state index contributed by atoms with van der Waals surface area (Å²) in [6.07, 6.45) is 0. The Labute approximate surface area is 86.5 Å². The maximum Gasteiger partial charge on any atom is 0.164 e. The first-order valence-corrected chi connectivity index (χ1v) is 5.30. The van der Waals surface area contributed by atoms with Gasteiger partial charge in [0.25, 0.3) is 0 Å². The maximum atomic E-state index is 4.61. The number of aromatic nitrogens is 2. The first-order valence-electron chi connectivity index (χ1n) is 4.32. The molecule has 0 bridgehead atoms. The second-order valence-electron chi connectivity index (χ2n) is 2.93. The highest BCUT2D eigenvalue weighted by molar-refractivity contribution is 7.98. The van der Waals surface area contributed by atoms with E-state index in [0.29, 0.717) is 0 Å². The fraction of sp³-hybridized carbons (Fsp3) is 0.200. The smallest absolute Gasteiger partial charge is 0.164 e. The molecule has 3 nitrogen and oxygen atoms in total. The van der Waals surface area contributed by atoms with Gasteiger partial charge in [-0.15, -0.1) is 0 Å². The molecule has 2 rings (SSSR count). The van der Waals surface area contributed by atoms with Crippen molar-refractivity contribution in [3.8, 4) is 0 Å². The second-order valence-corrected chi connectivity index (χ2v) is 3.89. The van der Waals surface area contributed by atoms with Crippen molar-refractivity contribution < 1.29 is 4.63 Å². The summed E-state index contributed by atoms with van der Waals surface area (Å²) >= 11 is 1.64. The van der Waals surface area contributed by atoms with Gasteiger partial charge in [-0.05, 0) is 17.6 Å². The largest absolute Gasteiger partial charge is 0.243 e. The first kappa shape index (κ1) is 9.27. The van der Waals surface area contributed by atoms with Crippen LogP contribution in [0.5, 0.6) is 0 Å². The van der Waals surface area contributed by atoms with Gasteiger partial charge in [0.15, 0.2) is 5.03 Å². The summed E-state index contributed by atoms with van der Waals surface area (Å²) in [5.74, 6) is 0.899. The van der Waals surface area contributed by atoms with Crippen molar-refractivity contribution in [3.05, 3.63) is 41.6 Å². The van der Waals surface area contributed by atoms with E-state index in [1.54, 1.807) is 11.8 Å². The molecule has 4 heteroatoms. The molecule has 72 valence electrons. The molecule has 0 saturated heterocycles. The van der Waals surface area contributed by atoms with Crippen LogP contribution in [0.4, 0.5) is 0 Å². The number of thioether (sulfide) groups is 1. The molecular weight excluding hydrogens is 196 g/mol. The summed E-state index contributed by atoms with van der Waals surface area (Å²) in [6.45, 7) is 1.89. The Morgan fingerprint density at radius 1 is 1.21 bits per heavy atom. The summed E-state index contributed by atoms with van der Waals surface area (Å²) in [7, 11) is 0. The van der Waals surface area contributed by atoms with Crippen molar-refractivity contribution >= 4 is 11.8 Å². The highest BCUT2D eigenvalue weighted by atomic mass is 32.2. The lowest BCUT2D eigenvalue weighted by atomic mass is 10.2. The molecule has 0 saturated carbocycles. The van der Waals surface area contributed by atoms with Gasteiger partial charge in [-0.2, -0.15) is 0 Å². The molecule has 0 fully saturated rings.